The predicted octanol–water partition coefficient (Wildman–Crippen LogP) is 3.38. The van der Waals surface area contributed by atoms with Crippen LogP contribution in [0.5, 0.6) is 0 Å². The predicted molar refractivity (Wildman–Crippen MR) is 85.3 cm³/mol. The van der Waals surface area contributed by atoms with Crippen molar-refractivity contribution in [3.63, 3.8) is 0 Å². The fourth-order valence-electron chi connectivity index (χ4n) is 2.20. The summed E-state index contributed by atoms with van der Waals surface area (Å²) in [5, 5.41) is 3.79. The van der Waals surface area contributed by atoms with Crippen molar-refractivity contribution in [2.24, 2.45) is 0 Å². The molecule has 3 aromatic rings. The van der Waals surface area contributed by atoms with Crippen LogP contribution < -0.4 is 11.1 Å². The number of nitrogens with one attached hydrogen (secondary N) is 1. The van der Waals surface area contributed by atoms with Crippen molar-refractivity contribution in [2.45, 2.75) is 6.92 Å². The molecule has 1 heterocycles. The third-order valence-corrected chi connectivity index (χ3v) is 3.38. The number of para-hydroxylation sites is 2. The van der Waals surface area contributed by atoms with E-state index in [1.165, 1.54) is 0 Å². The number of hydrogen-bond donors (Lipinski definition) is 2. The van der Waals surface area contributed by atoms with Crippen molar-refractivity contribution in [1.29, 1.82) is 0 Å². The Morgan fingerprint density at radius 2 is 1.86 bits per heavy atom. The summed E-state index contributed by atoms with van der Waals surface area (Å²) in [6, 6.07) is 16.7. The first kappa shape index (κ1) is 13.1. The quantitative estimate of drug-likeness (QED) is 0.706. The molecule has 4 heteroatoms. The largest absolute Gasteiger partial charge is 0.397 e. The van der Waals surface area contributed by atoms with Crippen LogP contribution in [-0.4, -0.2) is 10.9 Å². The number of rotatable bonds is 2. The Morgan fingerprint density at radius 3 is 2.67 bits per heavy atom. The third-order valence-electron chi connectivity index (χ3n) is 3.38. The first-order valence-corrected chi connectivity index (χ1v) is 6.67. The number of nitrogen functional groups attached to an aromatic ring is 1. The maximum absolute atomic E-state index is 12.3. The van der Waals surface area contributed by atoms with Crippen molar-refractivity contribution < 1.29 is 4.79 Å². The van der Waals surface area contributed by atoms with Crippen molar-refractivity contribution in [1.82, 2.24) is 4.98 Å². The molecule has 104 valence electrons. The highest BCUT2D eigenvalue weighted by Gasteiger charge is 2.10. The van der Waals surface area contributed by atoms with Crippen molar-refractivity contribution in [3.8, 4) is 0 Å². The van der Waals surface area contributed by atoms with Gasteiger partial charge in [-0.25, -0.2) is 4.98 Å². The van der Waals surface area contributed by atoms with Gasteiger partial charge in [0.2, 0.25) is 0 Å². The Kier molecular flexibility index (Phi) is 3.28. The van der Waals surface area contributed by atoms with Crippen LogP contribution in [0, 0.1) is 6.92 Å². The van der Waals surface area contributed by atoms with Gasteiger partial charge in [-0.3, -0.25) is 4.79 Å². The SMILES string of the molecule is Cc1ccccc1NC(=O)c1ccc2cccc(N)c2n1. The van der Waals surface area contributed by atoms with Crippen LogP contribution in [-0.2, 0) is 0 Å². The Balaban J connectivity index is 1.95. The average molecular weight is 277 g/mol. The summed E-state index contributed by atoms with van der Waals surface area (Å²) in [5.74, 6) is -0.241. The van der Waals surface area contributed by atoms with E-state index in [1.54, 1.807) is 12.1 Å². The molecule has 0 radical (unpaired) electrons. The van der Waals surface area contributed by atoms with Gasteiger partial charge in [0.25, 0.3) is 5.91 Å². The van der Waals surface area contributed by atoms with Crippen LogP contribution in [0.25, 0.3) is 10.9 Å². The molecule has 0 saturated heterocycles. The highest BCUT2D eigenvalue weighted by Crippen LogP contribution is 2.20. The lowest BCUT2D eigenvalue weighted by Gasteiger charge is -2.08. The second-order valence-electron chi connectivity index (χ2n) is 4.88. The van der Waals surface area contributed by atoms with Gasteiger partial charge in [-0.2, -0.15) is 0 Å². The number of hydrogen-bond acceptors (Lipinski definition) is 3. The van der Waals surface area contributed by atoms with Crippen molar-refractivity contribution in [2.75, 3.05) is 11.1 Å². The zero-order valence-corrected chi connectivity index (χ0v) is 11.6. The maximum Gasteiger partial charge on any atom is 0.274 e. The molecule has 3 N–H and O–H groups in total. The molecular formula is C17H15N3O. The number of nitrogens with two attached hydrogens (primary N) is 1. The topological polar surface area (TPSA) is 68.0 Å². The molecule has 3 rings (SSSR count). The lowest BCUT2D eigenvalue weighted by atomic mass is 10.1. The van der Waals surface area contributed by atoms with Crippen LogP contribution >= 0.6 is 0 Å². The summed E-state index contributed by atoms with van der Waals surface area (Å²) < 4.78 is 0. The fraction of sp³-hybridized carbons (Fsp3) is 0.0588. The average Bonchev–Trinajstić information content (AvgIpc) is 2.50. The number of carbonyl (C=O) groups excluding carboxylic acids is 1. The number of fused-ring (bicyclic) bond motifs is 1. The second-order valence-corrected chi connectivity index (χ2v) is 4.88. The fourth-order valence-corrected chi connectivity index (χ4v) is 2.20. The third kappa shape index (κ3) is 2.56. The van der Waals surface area contributed by atoms with E-state index in [4.69, 9.17) is 5.73 Å². The van der Waals surface area contributed by atoms with E-state index in [2.05, 4.69) is 10.3 Å². The van der Waals surface area contributed by atoms with E-state index in [1.807, 2.05) is 49.4 Å². The van der Waals surface area contributed by atoms with Gasteiger partial charge in [0.05, 0.1) is 11.2 Å². The molecule has 21 heavy (non-hydrogen) atoms. The minimum Gasteiger partial charge on any atom is -0.397 e. The summed E-state index contributed by atoms with van der Waals surface area (Å²) in [7, 11) is 0. The van der Waals surface area contributed by atoms with E-state index in [0.717, 1.165) is 16.6 Å². The molecule has 0 aliphatic heterocycles. The van der Waals surface area contributed by atoms with Crippen LogP contribution in [0.1, 0.15) is 16.1 Å². The summed E-state index contributed by atoms with van der Waals surface area (Å²) >= 11 is 0. The van der Waals surface area contributed by atoms with Gasteiger partial charge in [-0.1, -0.05) is 36.4 Å². The molecule has 2 aromatic carbocycles. The smallest absolute Gasteiger partial charge is 0.274 e. The van der Waals surface area contributed by atoms with Crippen molar-refractivity contribution >= 4 is 28.2 Å². The number of nitrogens with zero attached hydrogens (tertiary/aromatic N) is 1. The molecule has 0 aliphatic rings. The van der Waals surface area contributed by atoms with E-state index in [0.29, 0.717) is 16.9 Å². The summed E-state index contributed by atoms with van der Waals surface area (Å²) in [6.07, 6.45) is 0. The lowest BCUT2D eigenvalue weighted by molar-refractivity contribution is 0.102. The standard InChI is InChI=1S/C17H15N3O/c1-11-5-2-3-8-14(11)20-17(21)15-10-9-12-6-4-7-13(18)16(12)19-15/h2-10H,18H2,1H3,(H,20,21). The van der Waals surface area contributed by atoms with E-state index in [-0.39, 0.29) is 5.91 Å². The minimum atomic E-state index is -0.241. The van der Waals surface area contributed by atoms with Crippen LogP contribution in [0.3, 0.4) is 0 Å². The van der Waals surface area contributed by atoms with Gasteiger partial charge in [0.15, 0.2) is 0 Å². The molecule has 0 saturated carbocycles. The van der Waals surface area contributed by atoms with Crippen LogP contribution in [0.15, 0.2) is 54.6 Å². The Labute approximate surface area is 122 Å². The summed E-state index contributed by atoms with van der Waals surface area (Å²) in [5.41, 5.74) is 9.26. The highest BCUT2D eigenvalue weighted by atomic mass is 16.1. The van der Waals surface area contributed by atoms with Crippen molar-refractivity contribution in [3.05, 3.63) is 65.9 Å². The van der Waals surface area contributed by atoms with E-state index < -0.39 is 0 Å². The van der Waals surface area contributed by atoms with Gasteiger partial charge >= 0.3 is 0 Å². The molecule has 0 bridgehead atoms. The number of aromatic nitrogens is 1. The Bertz CT molecular complexity index is 827. The lowest BCUT2D eigenvalue weighted by Crippen LogP contribution is -2.14. The van der Waals surface area contributed by atoms with E-state index >= 15 is 0 Å². The Hall–Kier alpha value is -2.88. The zero-order chi connectivity index (χ0) is 14.8. The van der Waals surface area contributed by atoms with Gasteiger partial charge in [-0.05, 0) is 30.7 Å². The molecule has 4 nitrogen and oxygen atoms in total. The number of anilines is 2. The second kappa shape index (κ2) is 5.25. The summed E-state index contributed by atoms with van der Waals surface area (Å²) in [4.78, 5) is 16.7. The number of amides is 1. The summed E-state index contributed by atoms with van der Waals surface area (Å²) in [6.45, 7) is 1.95. The first-order valence-electron chi connectivity index (χ1n) is 6.67. The van der Waals surface area contributed by atoms with Gasteiger partial charge < -0.3 is 11.1 Å². The highest BCUT2D eigenvalue weighted by molar-refractivity contribution is 6.05. The molecule has 0 atom stereocenters. The molecule has 0 aliphatic carbocycles. The number of benzene rings is 2. The molecule has 0 spiro atoms. The molecule has 1 aromatic heterocycles. The molecule has 1 amide bonds. The number of aryl methyl sites for hydroxylation is 1. The van der Waals surface area contributed by atoms with Gasteiger partial charge in [0, 0.05) is 11.1 Å². The Morgan fingerprint density at radius 1 is 1.05 bits per heavy atom. The normalized spacial score (nSPS) is 10.5. The van der Waals surface area contributed by atoms with Crippen LogP contribution in [0.2, 0.25) is 0 Å². The van der Waals surface area contributed by atoms with Gasteiger partial charge in [0.1, 0.15) is 5.69 Å². The maximum atomic E-state index is 12.3. The minimum absolute atomic E-state index is 0.241. The van der Waals surface area contributed by atoms with E-state index in [9.17, 15) is 4.79 Å². The molecule has 0 fully saturated rings. The van der Waals surface area contributed by atoms with Gasteiger partial charge in [-0.15, -0.1) is 0 Å². The zero-order valence-electron chi connectivity index (χ0n) is 11.6. The number of carbonyl (C=O) groups is 1. The number of pyridine rings is 1. The monoisotopic (exact) mass is 277 g/mol. The molecule has 0 unspecified atom stereocenters. The molecular weight excluding hydrogens is 262 g/mol. The first-order chi connectivity index (χ1) is 10.1. The van der Waals surface area contributed by atoms with Crippen LogP contribution in [0.4, 0.5) is 11.4 Å².